The molecule has 0 radical (unpaired) electrons. The molecule has 6 nitrogen and oxygen atoms in total. The van der Waals surface area contributed by atoms with E-state index < -0.39 is 11.9 Å². The molecule has 0 spiro atoms. The van der Waals surface area contributed by atoms with Crippen LogP contribution in [-0.2, 0) is 0 Å². The lowest BCUT2D eigenvalue weighted by Crippen LogP contribution is -2.51. The topological polar surface area (TPSA) is 80.3 Å². The summed E-state index contributed by atoms with van der Waals surface area (Å²) in [6.45, 7) is 21.7. The molecule has 6 heteroatoms. The average Bonchev–Trinajstić information content (AvgIpc) is 3.16. The van der Waals surface area contributed by atoms with Gasteiger partial charge in [0.1, 0.15) is 11.4 Å². The van der Waals surface area contributed by atoms with E-state index in [-0.39, 0.29) is 11.1 Å². The van der Waals surface area contributed by atoms with Crippen LogP contribution in [0.1, 0.15) is 139 Å². The van der Waals surface area contributed by atoms with Crippen LogP contribution in [0.5, 0.6) is 0 Å². The molecule has 50 heavy (non-hydrogen) atoms. The summed E-state index contributed by atoms with van der Waals surface area (Å²) in [5.74, 6) is -2.81. The molecule has 0 saturated carbocycles. The van der Waals surface area contributed by atoms with Crippen molar-refractivity contribution in [2.75, 3.05) is 39.3 Å². The highest BCUT2D eigenvalue weighted by Crippen LogP contribution is 2.27. The van der Waals surface area contributed by atoms with E-state index in [9.17, 15) is 19.8 Å². The van der Waals surface area contributed by atoms with Crippen molar-refractivity contribution < 1.29 is 19.8 Å². The van der Waals surface area contributed by atoms with Crippen LogP contribution in [0.3, 0.4) is 0 Å². The van der Waals surface area contributed by atoms with Gasteiger partial charge in [-0.3, -0.25) is 8.97 Å². The van der Waals surface area contributed by atoms with Gasteiger partial charge >= 0.3 is 0 Å². The van der Waals surface area contributed by atoms with Crippen molar-refractivity contribution in [2.24, 2.45) is 0 Å². The number of carboxylic acids is 2. The summed E-state index contributed by atoms with van der Waals surface area (Å²) in [7, 11) is 0. The third kappa shape index (κ3) is 16.0. The van der Waals surface area contributed by atoms with Crippen molar-refractivity contribution >= 4 is 23.3 Å². The number of para-hydroxylation sites is 2. The maximum absolute atomic E-state index is 10.3. The molecule has 0 saturated heterocycles. The summed E-state index contributed by atoms with van der Waals surface area (Å²) in [4.78, 5) is 20.5. The smallest absolute Gasteiger partial charge is 0.132 e. The molecule has 0 atom stereocenters. The first-order valence-electron chi connectivity index (χ1n) is 19.5. The largest absolute Gasteiger partial charge is 0.545 e. The van der Waals surface area contributed by atoms with Crippen molar-refractivity contribution in [1.82, 2.24) is 8.97 Å². The van der Waals surface area contributed by atoms with Gasteiger partial charge in [0.2, 0.25) is 0 Å². The van der Waals surface area contributed by atoms with Gasteiger partial charge in [-0.15, -0.1) is 0 Å². The van der Waals surface area contributed by atoms with Gasteiger partial charge in [-0.05, 0) is 80.0 Å². The summed E-state index contributed by atoms with van der Waals surface area (Å²) in [5, 5.41) is 20.5. The third-order valence-electron chi connectivity index (χ3n) is 9.58. The molecule has 3 aromatic rings. The third-order valence-corrected chi connectivity index (χ3v) is 9.58. The molecule has 0 amide bonds. The van der Waals surface area contributed by atoms with Crippen molar-refractivity contribution in [3.05, 3.63) is 96.1 Å². The van der Waals surface area contributed by atoms with Gasteiger partial charge < -0.3 is 19.8 Å². The maximum Gasteiger partial charge on any atom is 0.132 e. The van der Waals surface area contributed by atoms with E-state index in [1.54, 1.807) is 0 Å². The summed E-state index contributed by atoms with van der Waals surface area (Å²) >= 11 is 0. The molecular weight excluding hydrogens is 620 g/mol. The lowest BCUT2D eigenvalue weighted by atomic mass is 10.1. The van der Waals surface area contributed by atoms with Crippen molar-refractivity contribution in [2.45, 2.75) is 119 Å². The number of rotatable bonds is 22. The van der Waals surface area contributed by atoms with E-state index in [0.717, 1.165) is 6.07 Å². The number of nitrogens with zero attached hydrogens (tertiary/aromatic N) is 2. The molecule has 0 N–H and O–H groups in total. The van der Waals surface area contributed by atoms with Crippen LogP contribution in [0.15, 0.2) is 84.9 Å². The highest BCUT2D eigenvalue weighted by atomic mass is 16.4. The SMILES string of the molecule is CCCC[N+](CCCC)(CCCC)c1ccccc1.CCCC[N+](CCCC)(CCCC)c1ccccc1.O=C([O-])c1cccc(C(=O)[O-])c1. The molecule has 3 rings (SSSR count). The number of carbonyl (C=O) groups excluding carboxylic acids is 2. The van der Waals surface area contributed by atoms with Crippen LogP contribution in [0.4, 0.5) is 11.4 Å². The fourth-order valence-corrected chi connectivity index (χ4v) is 6.47. The first-order chi connectivity index (χ1) is 24.2. The molecule has 0 aliphatic rings. The van der Waals surface area contributed by atoms with Crippen molar-refractivity contribution in [1.29, 1.82) is 0 Å². The Hall–Kier alpha value is -3.48. The molecule has 0 unspecified atom stereocenters. The fraction of sp³-hybridized carbons (Fsp3) is 0.545. The zero-order chi connectivity index (χ0) is 37.1. The van der Waals surface area contributed by atoms with Gasteiger partial charge in [-0.25, -0.2) is 0 Å². The van der Waals surface area contributed by atoms with E-state index in [1.807, 2.05) is 0 Å². The molecule has 3 aromatic carbocycles. The van der Waals surface area contributed by atoms with Gasteiger partial charge in [0, 0.05) is 0 Å². The van der Waals surface area contributed by atoms with E-state index >= 15 is 0 Å². The molecule has 0 aliphatic carbocycles. The minimum absolute atomic E-state index is 0.170. The van der Waals surface area contributed by atoms with Crippen LogP contribution in [0.2, 0.25) is 0 Å². The molecule has 0 heterocycles. The van der Waals surface area contributed by atoms with Gasteiger partial charge in [-0.2, -0.15) is 0 Å². The normalized spacial score (nSPS) is 11.2. The number of quaternary nitrogens is 2. The number of unbranched alkanes of at least 4 members (excludes halogenated alkanes) is 6. The standard InChI is InChI=1S/2C18H32N.C8H6O4/c2*1-4-7-15-19(16-8-5-2,17-9-6-3)18-13-11-10-12-14-18;9-7(10)5-2-1-3-6(4-5)8(11)12/h2*10-14H,4-9,15-17H2,1-3H3;1-4H,(H,9,10)(H,11,12)/q2*+1;/p-2. The van der Waals surface area contributed by atoms with Gasteiger partial charge in [0.25, 0.3) is 0 Å². The van der Waals surface area contributed by atoms with E-state index in [0.29, 0.717) is 0 Å². The Balaban J connectivity index is 0.000000385. The number of hydrogen-bond donors (Lipinski definition) is 0. The first-order valence-corrected chi connectivity index (χ1v) is 19.5. The van der Waals surface area contributed by atoms with Crippen LogP contribution in [0.25, 0.3) is 0 Å². The average molecular weight is 689 g/mol. The molecule has 278 valence electrons. The van der Waals surface area contributed by atoms with Crippen LogP contribution >= 0.6 is 0 Å². The Kier molecular flexibility index (Phi) is 23.5. The zero-order valence-electron chi connectivity index (χ0n) is 32.3. The second-order valence-electron chi connectivity index (χ2n) is 13.6. The lowest BCUT2D eigenvalue weighted by Gasteiger charge is -2.38. The minimum atomic E-state index is -1.40. The van der Waals surface area contributed by atoms with Crippen LogP contribution < -0.4 is 19.2 Å². The Labute approximate surface area is 305 Å². The second-order valence-corrected chi connectivity index (χ2v) is 13.6. The molecule has 0 fully saturated rings. The molecule has 0 aromatic heterocycles. The number of carboxylic acid groups (broad SMARTS) is 2. The van der Waals surface area contributed by atoms with Crippen LogP contribution in [-0.4, -0.2) is 51.2 Å². The van der Waals surface area contributed by atoms with Crippen LogP contribution in [0, 0.1) is 0 Å². The number of carbonyl (C=O) groups is 2. The van der Waals surface area contributed by atoms with Gasteiger partial charge in [-0.1, -0.05) is 135 Å². The second kappa shape index (κ2) is 26.3. The predicted octanol–water partition coefficient (Wildman–Crippen LogP) is 9.20. The van der Waals surface area contributed by atoms with Crippen molar-refractivity contribution in [3.63, 3.8) is 0 Å². The fourth-order valence-electron chi connectivity index (χ4n) is 6.47. The minimum Gasteiger partial charge on any atom is -0.545 e. The van der Waals surface area contributed by atoms with Crippen molar-refractivity contribution in [3.8, 4) is 0 Å². The molecular formula is C44H68N2O4. The number of benzene rings is 3. The monoisotopic (exact) mass is 689 g/mol. The molecule has 0 bridgehead atoms. The zero-order valence-corrected chi connectivity index (χ0v) is 32.3. The van der Waals surface area contributed by atoms with Gasteiger partial charge in [0.15, 0.2) is 0 Å². The molecule has 0 aliphatic heterocycles. The Morgan fingerprint density at radius 1 is 0.420 bits per heavy atom. The number of aromatic carboxylic acids is 2. The Morgan fingerprint density at radius 3 is 0.900 bits per heavy atom. The highest BCUT2D eigenvalue weighted by Gasteiger charge is 2.29. The number of hydrogen-bond acceptors (Lipinski definition) is 4. The summed E-state index contributed by atoms with van der Waals surface area (Å²) in [5.41, 5.74) is 2.71. The first kappa shape index (κ1) is 44.5. The van der Waals surface area contributed by atoms with E-state index in [2.05, 4.69) is 102 Å². The summed E-state index contributed by atoms with van der Waals surface area (Å²) < 4.78 is 2.41. The Morgan fingerprint density at radius 2 is 0.680 bits per heavy atom. The maximum atomic E-state index is 10.3. The van der Waals surface area contributed by atoms with Gasteiger partial charge in [0.05, 0.1) is 51.2 Å². The van der Waals surface area contributed by atoms with E-state index in [1.165, 1.54) is 155 Å². The lowest BCUT2D eigenvalue weighted by molar-refractivity contribution is -0.255. The quantitative estimate of drug-likeness (QED) is 0.0986. The highest BCUT2D eigenvalue weighted by molar-refractivity contribution is 5.91. The predicted molar refractivity (Wildman–Crippen MR) is 210 cm³/mol. The van der Waals surface area contributed by atoms with E-state index in [4.69, 9.17) is 0 Å². The Bertz CT molecular complexity index is 1160. The summed E-state index contributed by atoms with van der Waals surface area (Å²) in [6.07, 6.45) is 15.8. The summed E-state index contributed by atoms with van der Waals surface area (Å²) in [6, 6.07) is 27.2.